The number of nitrogens with one attached hydrogen (secondary N) is 1. The predicted molar refractivity (Wildman–Crippen MR) is 146 cm³/mol. The van der Waals surface area contributed by atoms with Crippen molar-refractivity contribution >= 4 is 46.8 Å². The van der Waals surface area contributed by atoms with E-state index in [0.29, 0.717) is 12.2 Å². The molecule has 0 radical (unpaired) electrons. The molecule has 0 saturated carbocycles. The van der Waals surface area contributed by atoms with Gasteiger partial charge in [-0.25, -0.2) is 4.79 Å². The lowest BCUT2D eigenvalue weighted by molar-refractivity contribution is -0.153. The lowest BCUT2D eigenvalue weighted by Gasteiger charge is -2.40. The van der Waals surface area contributed by atoms with Crippen LogP contribution >= 0.6 is 15.9 Å². The molecule has 8 heteroatoms. The molecule has 3 aromatic rings. The van der Waals surface area contributed by atoms with Crippen molar-refractivity contribution in [1.82, 2.24) is 9.88 Å². The summed E-state index contributed by atoms with van der Waals surface area (Å²) in [4.78, 5) is 31.8. The molecule has 0 bridgehead atoms. The molecule has 0 unspecified atom stereocenters. The molecule has 36 heavy (non-hydrogen) atoms. The highest BCUT2D eigenvalue weighted by Crippen LogP contribution is 2.42. The van der Waals surface area contributed by atoms with Gasteiger partial charge in [0.15, 0.2) is 0 Å². The van der Waals surface area contributed by atoms with E-state index in [-0.39, 0.29) is 6.61 Å². The number of terminal acetylenes is 1. The Kier molecular flexibility index (Phi) is 7.30. The first-order chi connectivity index (χ1) is 17.1. The summed E-state index contributed by atoms with van der Waals surface area (Å²) in [6, 6.07) is 11.9. The topological polar surface area (TPSA) is 71.6 Å². The minimum absolute atomic E-state index is 0.158. The van der Waals surface area contributed by atoms with Crippen molar-refractivity contribution in [1.29, 1.82) is 0 Å². The second-order valence-electron chi connectivity index (χ2n) is 9.63. The van der Waals surface area contributed by atoms with Gasteiger partial charge in [-0.3, -0.25) is 4.79 Å². The molecule has 0 saturated heterocycles. The highest BCUT2D eigenvalue weighted by Gasteiger charge is 2.43. The number of amides is 1. The van der Waals surface area contributed by atoms with Crippen LogP contribution in [-0.2, 0) is 20.7 Å². The lowest BCUT2D eigenvalue weighted by atomic mass is 9.88. The fourth-order valence-corrected chi connectivity index (χ4v) is 5.24. The summed E-state index contributed by atoms with van der Waals surface area (Å²) in [5.74, 6) is 5.02. The number of ether oxygens (including phenoxy) is 2. The number of methoxy groups -OCH3 is 1. The maximum absolute atomic E-state index is 13.6. The summed E-state index contributed by atoms with van der Waals surface area (Å²) >= 11 is 3.55. The molecule has 4 rings (SSSR count). The molecule has 1 aliphatic heterocycles. The predicted octanol–water partition coefficient (Wildman–Crippen LogP) is 4.84. The smallest absolute Gasteiger partial charge is 0.328 e. The zero-order chi connectivity index (χ0) is 26.0. The Morgan fingerprint density at radius 1 is 1.19 bits per heavy atom. The van der Waals surface area contributed by atoms with Crippen LogP contribution in [0.1, 0.15) is 22.9 Å². The van der Waals surface area contributed by atoms with Gasteiger partial charge in [0, 0.05) is 27.5 Å². The Morgan fingerprint density at radius 3 is 2.56 bits per heavy atom. The van der Waals surface area contributed by atoms with Crippen LogP contribution in [-0.4, -0.2) is 49.6 Å². The van der Waals surface area contributed by atoms with Gasteiger partial charge in [0.05, 0.1) is 13.2 Å². The van der Waals surface area contributed by atoms with E-state index in [1.54, 1.807) is 4.90 Å². The van der Waals surface area contributed by atoms with Crippen LogP contribution < -0.4 is 4.74 Å². The summed E-state index contributed by atoms with van der Waals surface area (Å²) in [5.41, 5.74) is 6.71. The van der Waals surface area contributed by atoms with Gasteiger partial charge in [-0.15, -0.1) is 12.0 Å². The number of rotatable bonds is 4. The first kappa shape index (κ1) is 25.6. The fourth-order valence-electron chi connectivity index (χ4n) is 4.40. The third-order valence-electron chi connectivity index (χ3n) is 5.96. The second-order valence-corrected chi connectivity index (χ2v) is 15.3. The molecule has 2 heterocycles. The molecule has 2 aromatic carbocycles. The summed E-state index contributed by atoms with van der Waals surface area (Å²) < 4.78 is 11.6. The maximum Gasteiger partial charge on any atom is 0.328 e. The van der Waals surface area contributed by atoms with Crippen LogP contribution in [0.15, 0.2) is 46.9 Å². The van der Waals surface area contributed by atoms with Crippen molar-refractivity contribution < 1.29 is 19.1 Å². The second kappa shape index (κ2) is 10.3. The van der Waals surface area contributed by atoms with E-state index in [2.05, 4.69) is 57.9 Å². The molecule has 1 amide bonds. The van der Waals surface area contributed by atoms with Crippen molar-refractivity contribution in [2.75, 3.05) is 13.7 Å². The van der Waals surface area contributed by atoms with Crippen LogP contribution in [0.4, 0.5) is 0 Å². The Labute approximate surface area is 220 Å². The summed E-state index contributed by atoms with van der Waals surface area (Å²) in [5, 5.41) is 0.993. The number of H-pyrrole nitrogens is 1. The number of aromatic amines is 1. The molecule has 2 atom stereocenters. The number of benzene rings is 2. The first-order valence-corrected chi connectivity index (χ1v) is 15.8. The van der Waals surface area contributed by atoms with Crippen molar-refractivity contribution in [3.8, 4) is 29.6 Å². The van der Waals surface area contributed by atoms with Gasteiger partial charge in [-0.1, -0.05) is 53.6 Å². The lowest BCUT2D eigenvalue weighted by Crippen LogP contribution is -2.51. The van der Waals surface area contributed by atoms with Gasteiger partial charge in [0.2, 0.25) is 0 Å². The number of esters is 1. The number of nitrogens with zero attached hydrogens (tertiary/aromatic N) is 1. The summed E-state index contributed by atoms with van der Waals surface area (Å²) in [7, 11) is -0.498. The number of carbonyl (C=O) groups excluding carboxylic acids is 2. The van der Waals surface area contributed by atoms with Crippen molar-refractivity contribution in [2.45, 2.75) is 38.1 Å². The molecule has 1 aromatic heterocycles. The fraction of sp³-hybridized carbons (Fsp3) is 0.286. The van der Waals surface area contributed by atoms with Crippen LogP contribution in [0.2, 0.25) is 19.6 Å². The number of carbonyl (C=O) groups is 2. The van der Waals surface area contributed by atoms with Crippen LogP contribution in [0.5, 0.6) is 5.75 Å². The van der Waals surface area contributed by atoms with Gasteiger partial charge < -0.3 is 19.4 Å². The highest BCUT2D eigenvalue weighted by molar-refractivity contribution is 9.10. The minimum atomic E-state index is -1.84. The minimum Gasteiger partial charge on any atom is -0.481 e. The number of halogens is 1. The van der Waals surface area contributed by atoms with Crippen LogP contribution in [0.25, 0.3) is 10.9 Å². The molecule has 0 aliphatic carbocycles. The average molecular weight is 564 g/mol. The molecule has 6 nitrogen and oxygen atoms in total. The van der Waals surface area contributed by atoms with Crippen LogP contribution in [0, 0.1) is 23.8 Å². The van der Waals surface area contributed by atoms with Gasteiger partial charge in [0.1, 0.15) is 26.5 Å². The Hall–Kier alpha value is -3.46. The average Bonchev–Trinajstić information content (AvgIpc) is 3.21. The van der Waals surface area contributed by atoms with Crippen molar-refractivity contribution in [3.63, 3.8) is 0 Å². The van der Waals surface area contributed by atoms with E-state index in [1.165, 1.54) is 7.11 Å². The van der Waals surface area contributed by atoms with Crippen LogP contribution in [0.3, 0.4) is 0 Å². The SMILES string of the molecule is C#CCOc1ccc([C@@H]2c3[nH]c4ccc(Br)cc4c3C[C@H](C(=O)OC)N2C(=O)C#C[Si](C)(C)C)cc1. The third kappa shape index (κ3) is 5.21. The Bertz CT molecular complexity index is 1420. The summed E-state index contributed by atoms with van der Waals surface area (Å²) in [6.45, 7) is 6.37. The van der Waals surface area contributed by atoms with E-state index in [4.69, 9.17) is 15.9 Å². The van der Waals surface area contributed by atoms with Gasteiger partial charge in [-0.05, 0) is 47.4 Å². The quantitative estimate of drug-likeness (QED) is 0.280. The number of aromatic nitrogens is 1. The third-order valence-corrected chi connectivity index (χ3v) is 7.32. The number of fused-ring (bicyclic) bond motifs is 3. The largest absolute Gasteiger partial charge is 0.481 e. The molecule has 184 valence electrons. The first-order valence-electron chi connectivity index (χ1n) is 11.5. The Balaban J connectivity index is 1.92. The van der Waals surface area contributed by atoms with E-state index in [9.17, 15) is 9.59 Å². The van der Waals surface area contributed by atoms with E-state index in [1.807, 2.05) is 42.5 Å². The zero-order valence-electron chi connectivity index (χ0n) is 20.6. The molecule has 0 spiro atoms. The molecular weight excluding hydrogens is 536 g/mol. The monoisotopic (exact) mass is 562 g/mol. The normalized spacial score (nSPS) is 16.9. The van der Waals surface area contributed by atoms with Gasteiger partial charge in [0.25, 0.3) is 5.91 Å². The van der Waals surface area contributed by atoms with Crippen molar-refractivity contribution in [3.05, 3.63) is 63.8 Å². The van der Waals surface area contributed by atoms with E-state index < -0.39 is 32.0 Å². The van der Waals surface area contributed by atoms with Gasteiger partial charge >= 0.3 is 5.97 Å². The molecule has 1 N–H and O–H groups in total. The maximum atomic E-state index is 13.6. The van der Waals surface area contributed by atoms with E-state index in [0.717, 1.165) is 32.2 Å². The molecular formula is C28H27BrN2O4Si. The molecule has 1 aliphatic rings. The number of hydrogen-bond donors (Lipinski definition) is 1. The highest BCUT2D eigenvalue weighted by atomic mass is 79.9. The number of hydrogen-bond acceptors (Lipinski definition) is 4. The van der Waals surface area contributed by atoms with Gasteiger partial charge in [-0.2, -0.15) is 0 Å². The Morgan fingerprint density at radius 2 is 1.92 bits per heavy atom. The molecule has 0 fully saturated rings. The van der Waals surface area contributed by atoms with E-state index >= 15 is 0 Å². The van der Waals surface area contributed by atoms with Crippen molar-refractivity contribution in [2.24, 2.45) is 0 Å². The summed E-state index contributed by atoms with van der Waals surface area (Å²) in [6.07, 6.45) is 5.63. The zero-order valence-corrected chi connectivity index (χ0v) is 23.2. The standard InChI is InChI=1S/C28H27BrN2O4Si/c1-6-14-35-20-10-7-18(8-11-20)27-26-22(21-16-19(29)9-12-23(21)30-26)17-24(28(33)34-2)31(27)25(32)13-15-36(3,4)5/h1,7-12,16,24,27,30H,14,17H2,2-5H3/t24-,27-/m1/s1.